The molecule has 1 aliphatic rings. The maximum atomic E-state index is 12.7. The van der Waals surface area contributed by atoms with E-state index < -0.39 is 10.0 Å². The summed E-state index contributed by atoms with van der Waals surface area (Å²) in [6.45, 7) is 2.25. The Bertz CT molecular complexity index is 1130. The second-order valence-corrected chi connectivity index (χ2v) is 9.80. The van der Waals surface area contributed by atoms with E-state index in [4.69, 9.17) is 0 Å². The summed E-state index contributed by atoms with van der Waals surface area (Å²) in [6.07, 6.45) is 1.96. The van der Waals surface area contributed by atoms with Crippen molar-refractivity contribution in [3.05, 3.63) is 63.4 Å². The summed E-state index contributed by atoms with van der Waals surface area (Å²) in [6, 6.07) is 11.5. The van der Waals surface area contributed by atoms with Crippen LogP contribution in [0.25, 0.3) is 10.7 Å². The van der Waals surface area contributed by atoms with Crippen molar-refractivity contribution >= 4 is 21.4 Å². The number of thiophene rings is 1. The molecular weight excluding hydrogens is 396 g/mol. The van der Waals surface area contributed by atoms with Crippen molar-refractivity contribution in [3.63, 3.8) is 0 Å². The molecule has 7 nitrogen and oxygen atoms in total. The molecule has 4 rings (SSSR count). The van der Waals surface area contributed by atoms with E-state index in [0.29, 0.717) is 5.82 Å². The smallest absolute Gasteiger partial charge is 0.271 e. The average molecular weight is 419 g/mol. The van der Waals surface area contributed by atoms with Crippen molar-refractivity contribution in [2.75, 3.05) is 6.54 Å². The van der Waals surface area contributed by atoms with Gasteiger partial charge in [-0.2, -0.15) is 0 Å². The summed E-state index contributed by atoms with van der Waals surface area (Å²) in [4.78, 5) is 13.7. The third-order valence-electron chi connectivity index (χ3n) is 4.61. The number of hydrogen-bond acceptors (Lipinski definition) is 5. The highest BCUT2D eigenvalue weighted by molar-refractivity contribution is 7.88. The minimum atomic E-state index is -3.48. The number of aromatic nitrogens is 3. The van der Waals surface area contributed by atoms with E-state index in [9.17, 15) is 13.2 Å². The largest absolute Gasteiger partial charge is 0.346 e. The molecule has 148 valence electrons. The highest BCUT2D eigenvalue weighted by atomic mass is 32.2. The Morgan fingerprint density at radius 3 is 2.75 bits per heavy atom. The fourth-order valence-corrected chi connectivity index (χ4v) is 5.01. The van der Waals surface area contributed by atoms with Crippen molar-refractivity contribution in [2.24, 2.45) is 0 Å². The molecule has 1 N–H and O–H groups in total. The summed E-state index contributed by atoms with van der Waals surface area (Å²) in [5.74, 6) is 0.589. The molecule has 1 aliphatic carbocycles. The van der Waals surface area contributed by atoms with E-state index in [0.717, 1.165) is 28.8 Å². The number of nitrogens with zero attached hydrogens (tertiary/aromatic N) is 3. The summed E-state index contributed by atoms with van der Waals surface area (Å²) in [5, 5.41) is 6.43. The lowest BCUT2D eigenvalue weighted by Crippen LogP contribution is -2.32. The summed E-state index contributed by atoms with van der Waals surface area (Å²) in [7, 11) is -3.48. The van der Waals surface area contributed by atoms with Crippen LogP contribution < -0.4 is 10.4 Å². The number of hydrogen-bond donors (Lipinski definition) is 1. The SMILES string of the molecule is Cc1cccc(CS(=O)(=O)NCCn2nc(-c3cccs3)n(C3CC3)c2=O)c1. The Kier molecular flexibility index (Phi) is 5.22. The third kappa shape index (κ3) is 4.26. The van der Waals surface area contributed by atoms with E-state index in [1.165, 1.54) is 4.68 Å². The van der Waals surface area contributed by atoms with Crippen molar-refractivity contribution in [3.8, 4) is 10.7 Å². The molecule has 28 heavy (non-hydrogen) atoms. The highest BCUT2D eigenvalue weighted by Gasteiger charge is 2.30. The Morgan fingerprint density at radius 1 is 1.25 bits per heavy atom. The lowest BCUT2D eigenvalue weighted by Gasteiger charge is -2.07. The molecular formula is C19H22N4O3S2. The fourth-order valence-electron chi connectivity index (χ4n) is 3.18. The van der Waals surface area contributed by atoms with Crippen LogP contribution in [0.1, 0.15) is 30.0 Å². The molecule has 0 bridgehead atoms. The van der Waals surface area contributed by atoms with Gasteiger partial charge in [0.15, 0.2) is 5.82 Å². The molecule has 0 aliphatic heterocycles. The van der Waals surface area contributed by atoms with Gasteiger partial charge < -0.3 is 0 Å². The van der Waals surface area contributed by atoms with Crippen LogP contribution in [0.2, 0.25) is 0 Å². The van der Waals surface area contributed by atoms with Crippen LogP contribution in [0, 0.1) is 6.92 Å². The first-order valence-corrected chi connectivity index (χ1v) is 11.7. The quantitative estimate of drug-likeness (QED) is 0.609. The number of rotatable bonds is 8. The number of benzene rings is 1. The minimum absolute atomic E-state index is 0.0828. The fraction of sp³-hybridized carbons (Fsp3) is 0.368. The van der Waals surface area contributed by atoms with Gasteiger partial charge in [-0.1, -0.05) is 35.9 Å². The molecule has 0 amide bonds. The van der Waals surface area contributed by atoms with Gasteiger partial charge in [-0.05, 0) is 36.8 Å². The van der Waals surface area contributed by atoms with Gasteiger partial charge in [-0.3, -0.25) is 4.57 Å². The first kappa shape index (κ1) is 19.1. The van der Waals surface area contributed by atoms with Crippen LogP contribution in [-0.2, 0) is 22.3 Å². The lowest BCUT2D eigenvalue weighted by molar-refractivity contribution is 0.546. The molecule has 9 heteroatoms. The predicted molar refractivity (Wildman–Crippen MR) is 110 cm³/mol. The van der Waals surface area contributed by atoms with Gasteiger partial charge in [0, 0.05) is 12.6 Å². The maximum Gasteiger partial charge on any atom is 0.346 e. The van der Waals surface area contributed by atoms with E-state index >= 15 is 0 Å². The van der Waals surface area contributed by atoms with Crippen molar-refractivity contribution in [1.29, 1.82) is 0 Å². The standard InChI is InChI=1S/C19H22N4O3S2/c1-14-4-2-5-15(12-14)13-28(25,26)20-9-10-22-19(24)23(16-7-8-16)18(21-22)17-6-3-11-27-17/h2-6,11-12,16,20H,7-10,13H2,1H3. The number of sulfonamides is 1. The monoisotopic (exact) mass is 418 g/mol. The van der Waals surface area contributed by atoms with E-state index in [1.807, 2.05) is 42.6 Å². The predicted octanol–water partition coefficient (Wildman–Crippen LogP) is 2.54. The summed E-state index contributed by atoms with van der Waals surface area (Å²) < 4.78 is 30.4. The lowest BCUT2D eigenvalue weighted by atomic mass is 10.2. The maximum absolute atomic E-state index is 12.7. The first-order chi connectivity index (χ1) is 13.4. The Balaban J connectivity index is 1.45. The molecule has 1 aromatic carbocycles. The first-order valence-electron chi connectivity index (χ1n) is 9.19. The Morgan fingerprint density at radius 2 is 2.07 bits per heavy atom. The van der Waals surface area contributed by atoms with Crippen LogP contribution in [0.4, 0.5) is 0 Å². The molecule has 1 saturated carbocycles. The second-order valence-electron chi connectivity index (χ2n) is 7.05. The zero-order valence-electron chi connectivity index (χ0n) is 15.5. The zero-order chi connectivity index (χ0) is 19.7. The zero-order valence-corrected chi connectivity index (χ0v) is 17.2. The van der Waals surface area contributed by atoms with Gasteiger partial charge in [0.05, 0.1) is 17.2 Å². The number of aryl methyl sites for hydroxylation is 1. The minimum Gasteiger partial charge on any atom is -0.271 e. The molecule has 0 spiro atoms. The van der Waals surface area contributed by atoms with Crippen molar-refractivity contribution in [1.82, 2.24) is 19.1 Å². The van der Waals surface area contributed by atoms with Crippen molar-refractivity contribution in [2.45, 2.75) is 38.1 Å². The molecule has 0 atom stereocenters. The Hall–Kier alpha value is -2.23. The van der Waals surface area contributed by atoms with Gasteiger partial charge in [0.25, 0.3) is 0 Å². The van der Waals surface area contributed by atoms with Crippen LogP contribution in [0.15, 0.2) is 46.6 Å². The molecule has 0 unspecified atom stereocenters. The van der Waals surface area contributed by atoms with Gasteiger partial charge in [-0.15, -0.1) is 16.4 Å². The third-order valence-corrected chi connectivity index (χ3v) is 6.83. The van der Waals surface area contributed by atoms with Crippen LogP contribution in [0.5, 0.6) is 0 Å². The second kappa shape index (κ2) is 7.65. The van der Waals surface area contributed by atoms with Gasteiger partial charge in [0.2, 0.25) is 10.0 Å². The average Bonchev–Trinajstić information content (AvgIpc) is 3.20. The van der Waals surface area contributed by atoms with Gasteiger partial charge in [-0.25, -0.2) is 22.6 Å². The van der Waals surface area contributed by atoms with E-state index in [2.05, 4.69) is 9.82 Å². The molecule has 2 heterocycles. The van der Waals surface area contributed by atoms with Gasteiger partial charge >= 0.3 is 5.69 Å². The van der Waals surface area contributed by atoms with E-state index in [1.54, 1.807) is 22.0 Å². The Labute approximate surface area is 167 Å². The summed E-state index contributed by atoms with van der Waals surface area (Å²) in [5.41, 5.74) is 1.58. The molecule has 0 saturated heterocycles. The van der Waals surface area contributed by atoms with Crippen LogP contribution >= 0.6 is 11.3 Å². The van der Waals surface area contributed by atoms with Crippen molar-refractivity contribution < 1.29 is 8.42 Å². The normalized spacial score (nSPS) is 14.5. The van der Waals surface area contributed by atoms with Gasteiger partial charge in [0.1, 0.15) is 0 Å². The number of nitrogens with one attached hydrogen (secondary N) is 1. The van der Waals surface area contributed by atoms with E-state index in [-0.39, 0.29) is 30.6 Å². The molecule has 2 aromatic heterocycles. The highest BCUT2D eigenvalue weighted by Crippen LogP contribution is 2.37. The molecule has 3 aromatic rings. The molecule has 1 fully saturated rings. The summed E-state index contributed by atoms with van der Waals surface area (Å²) >= 11 is 1.54. The van der Waals surface area contributed by atoms with Crippen LogP contribution in [0.3, 0.4) is 0 Å². The van der Waals surface area contributed by atoms with Crippen LogP contribution in [-0.4, -0.2) is 29.3 Å². The topological polar surface area (TPSA) is 86.0 Å². The molecule has 0 radical (unpaired) electrons.